The molecular formula is C10H17ClN4. The van der Waals surface area contributed by atoms with Crippen LogP contribution in [0.3, 0.4) is 0 Å². The van der Waals surface area contributed by atoms with Crippen molar-refractivity contribution >= 4 is 23.4 Å². The van der Waals surface area contributed by atoms with E-state index in [0.717, 1.165) is 25.9 Å². The standard InChI is InChI=1S/C10H17ClN4/c1-3-5-15(6-4-2)10-13-8(11)7-9(12)14-10/h7H,3-6H2,1-2H3,(H2,12,13,14). The molecule has 0 unspecified atom stereocenters. The Balaban J connectivity index is 2.88. The molecule has 0 amide bonds. The van der Waals surface area contributed by atoms with E-state index >= 15 is 0 Å². The topological polar surface area (TPSA) is 55.0 Å². The molecule has 84 valence electrons. The van der Waals surface area contributed by atoms with E-state index in [-0.39, 0.29) is 0 Å². The monoisotopic (exact) mass is 228 g/mol. The summed E-state index contributed by atoms with van der Waals surface area (Å²) in [6.07, 6.45) is 2.10. The van der Waals surface area contributed by atoms with Crippen LogP contribution in [-0.4, -0.2) is 23.1 Å². The molecule has 0 atom stereocenters. The van der Waals surface area contributed by atoms with Crippen LogP contribution in [0.5, 0.6) is 0 Å². The van der Waals surface area contributed by atoms with Gasteiger partial charge in [0, 0.05) is 19.2 Å². The number of hydrogen-bond donors (Lipinski definition) is 1. The van der Waals surface area contributed by atoms with Crippen LogP contribution < -0.4 is 10.6 Å². The summed E-state index contributed by atoms with van der Waals surface area (Å²) >= 11 is 5.84. The van der Waals surface area contributed by atoms with E-state index in [9.17, 15) is 0 Å². The first kappa shape index (κ1) is 12.0. The Morgan fingerprint density at radius 2 is 1.87 bits per heavy atom. The fraction of sp³-hybridized carbons (Fsp3) is 0.600. The Bertz CT molecular complexity index is 290. The van der Waals surface area contributed by atoms with Crippen LogP contribution in [0, 0.1) is 0 Å². The Morgan fingerprint density at radius 3 is 2.33 bits per heavy atom. The lowest BCUT2D eigenvalue weighted by Gasteiger charge is -2.21. The first-order valence-electron chi connectivity index (χ1n) is 5.22. The van der Waals surface area contributed by atoms with E-state index < -0.39 is 0 Å². The molecule has 1 aromatic heterocycles. The molecule has 5 heteroatoms. The number of rotatable bonds is 5. The lowest BCUT2D eigenvalue weighted by Crippen LogP contribution is -2.27. The third-order valence-electron chi connectivity index (χ3n) is 1.97. The van der Waals surface area contributed by atoms with Gasteiger partial charge in [-0.2, -0.15) is 4.98 Å². The lowest BCUT2D eigenvalue weighted by atomic mass is 10.4. The molecule has 0 spiro atoms. The number of nitrogens with zero attached hydrogens (tertiary/aromatic N) is 3. The van der Waals surface area contributed by atoms with Crippen LogP contribution in [0.15, 0.2) is 6.07 Å². The zero-order valence-corrected chi connectivity index (χ0v) is 9.96. The lowest BCUT2D eigenvalue weighted by molar-refractivity contribution is 0.722. The summed E-state index contributed by atoms with van der Waals surface area (Å²) in [6, 6.07) is 1.56. The van der Waals surface area contributed by atoms with Gasteiger partial charge in [0.1, 0.15) is 11.0 Å². The van der Waals surface area contributed by atoms with Gasteiger partial charge in [0.25, 0.3) is 0 Å². The minimum absolute atomic E-state index is 0.398. The van der Waals surface area contributed by atoms with Crippen molar-refractivity contribution in [2.24, 2.45) is 0 Å². The maximum atomic E-state index is 5.84. The summed E-state index contributed by atoms with van der Waals surface area (Å²) in [5.74, 6) is 1.05. The second-order valence-corrected chi connectivity index (χ2v) is 3.79. The Kier molecular flexibility index (Phi) is 4.62. The summed E-state index contributed by atoms with van der Waals surface area (Å²) in [4.78, 5) is 10.5. The normalized spacial score (nSPS) is 10.3. The second-order valence-electron chi connectivity index (χ2n) is 3.40. The first-order valence-corrected chi connectivity index (χ1v) is 5.60. The van der Waals surface area contributed by atoms with E-state index in [2.05, 4.69) is 28.7 Å². The molecule has 0 aromatic carbocycles. The average molecular weight is 229 g/mol. The van der Waals surface area contributed by atoms with Crippen molar-refractivity contribution in [1.29, 1.82) is 0 Å². The van der Waals surface area contributed by atoms with Crippen LogP contribution in [0.25, 0.3) is 0 Å². The van der Waals surface area contributed by atoms with Gasteiger partial charge in [-0.15, -0.1) is 0 Å². The van der Waals surface area contributed by atoms with Crippen molar-refractivity contribution in [3.05, 3.63) is 11.2 Å². The summed E-state index contributed by atoms with van der Waals surface area (Å²) in [5.41, 5.74) is 5.63. The smallest absolute Gasteiger partial charge is 0.228 e. The van der Waals surface area contributed by atoms with Gasteiger partial charge in [-0.25, -0.2) is 4.98 Å². The summed E-state index contributed by atoms with van der Waals surface area (Å²) < 4.78 is 0. The van der Waals surface area contributed by atoms with Crippen molar-refractivity contribution in [2.75, 3.05) is 23.7 Å². The molecule has 0 fully saturated rings. The van der Waals surface area contributed by atoms with Gasteiger partial charge in [0.05, 0.1) is 0 Å². The van der Waals surface area contributed by atoms with Gasteiger partial charge in [-0.3, -0.25) is 0 Å². The molecule has 1 aromatic rings. The highest BCUT2D eigenvalue weighted by Crippen LogP contribution is 2.15. The van der Waals surface area contributed by atoms with Crippen molar-refractivity contribution in [1.82, 2.24) is 9.97 Å². The molecule has 15 heavy (non-hydrogen) atoms. The number of nitrogens with two attached hydrogens (primary N) is 1. The fourth-order valence-corrected chi connectivity index (χ4v) is 1.60. The molecule has 1 heterocycles. The van der Waals surface area contributed by atoms with Gasteiger partial charge in [0.15, 0.2) is 0 Å². The summed E-state index contributed by atoms with van der Waals surface area (Å²) in [5, 5.41) is 0.398. The van der Waals surface area contributed by atoms with E-state index in [0.29, 0.717) is 16.9 Å². The number of hydrogen-bond acceptors (Lipinski definition) is 4. The molecular weight excluding hydrogens is 212 g/mol. The van der Waals surface area contributed by atoms with E-state index in [1.807, 2.05) is 0 Å². The van der Waals surface area contributed by atoms with Crippen LogP contribution in [0.2, 0.25) is 5.15 Å². The Labute approximate surface area is 95.5 Å². The third-order valence-corrected chi connectivity index (χ3v) is 2.17. The van der Waals surface area contributed by atoms with Crippen molar-refractivity contribution in [3.63, 3.8) is 0 Å². The van der Waals surface area contributed by atoms with E-state index in [1.165, 1.54) is 0 Å². The number of anilines is 2. The van der Waals surface area contributed by atoms with Crippen LogP contribution >= 0.6 is 11.6 Å². The highest BCUT2D eigenvalue weighted by molar-refractivity contribution is 6.29. The zero-order chi connectivity index (χ0) is 11.3. The highest BCUT2D eigenvalue weighted by atomic mass is 35.5. The molecule has 0 saturated carbocycles. The van der Waals surface area contributed by atoms with Crippen molar-refractivity contribution in [2.45, 2.75) is 26.7 Å². The quantitative estimate of drug-likeness (QED) is 0.786. The van der Waals surface area contributed by atoms with Crippen molar-refractivity contribution in [3.8, 4) is 0 Å². The van der Waals surface area contributed by atoms with Gasteiger partial charge in [-0.1, -0.05) is 25.4 Å². The van der Waals surface area contributed by atoms with Crippen LogP contribution in [0.4, 0.5) is 11.8 Å². The van der Waals surface area contributed by atoms with E-state index in [4.69, 9.17) is 17.3 Å². The Morgan fingerprint density at radius 1 is 1.27 bits per heavy atom. The molecule has 1 rings (SSSR count). The largest absolute Gasteiger partial charge is 0.383 e. The minimum atomic E-state index is 0.398. The van der Waals surface area contributed by atoms with Gasteiger partial charge < -0.3 is 10.6 Å². The molecule has 0 radical (unpaired) electrons. The fourth-order valence-electron chi connectivity index (χ4n) is 1.42. The number of aromatic nitrogens is 2. The molecule has 0 aliphatic rings. The summed E-state index contributed by atoms with van der Waals surface area (Å²) in [7, 11) is 0. The second kappa shape index (κ2) is 5.75. The van der Waals surface area contributed by atoms with Gasteiger partial charge in [0.2, 0.25) is 5.95 Å². The third kappa shape index (κ3) is 3.55. The molecule has 0 bridgehead atoms. The van der Waals surface area contributed by atoms with Crippen LogP contribution in [-0.2, 0) is 0 Å². The molecule has 0 aliphatic heterocycles. The molecule has 4 nitrogen and oxygen atoms in total. The van der Waals surface area contributed by atoms with Gasteiger partial charge >= 0.3 is 0 Å². The SMILES string of the molecule is CCCN(CCC)c1nc(N)cc(Cl)n1. The average Bonchev–Trinajstić information content (AvgIpc) is 2.16. The minimum Gasteiger partial charge on any atom is -0.383 e. The number of halogens is 1. The van der Waals surface area contributed by atoms with Crippen LogP contribution in [0.1, 0.15) is 26.7 Å². The summed E-state index contributed by atoms with van der Waals surface area (Å²) in [6.45, 7) is 6.09. The van der Waals surface area contributed by atoms with Gasteiger partial charge in [-0.05, 0) is 12.8 Å². The Hall–Kier alpha value is -1.03. The first-order chi connectivity index (χ1) is 7.17. The molecule has 2 N–H and O–H groups in total. The number of nitrogen functional groups attached to an aromatic ring is 1. The predicted octanol–water partition coefficient (Wildman–Crippen LogP) is 2.34. The zero-order valence-electron chi connectivity index (χ0n) is 9.20. The predicted molar refractivity (Wildman–Crippen MR) is 64.2 cm³/mol. The van der Waals surface area contributed by atoms with Crippen molar-refractivity contribution < 1.29 is 0 Å². The maximum Gasteiger partial charge on any atom is 0.228 e. The van der Waals surface area contributed by atoms with E-state index in [1.54, 1.807) is 6.07 Å². The maximum absolute atomic E-state index is 5.84. The highest BCUT2D eigenvalue weighted by Gasteiger charge is 2.09. The molecule has 0 aliphatic carbocycles. The molecule has 0 saturated heterocycles.